The summed E-state index contributed by atoms with van der Waals surface area (Å²) >= 11 is 6.51. The van der Waals surface area contributed by atoms with Gasteiger partial charge in [-0.2, -0.15) is 0 Å². The molecule has 6 nitrogen and oxygen atoms in total. The van der Waals surface area contributed by atoms with E-state index in [1.807, 2.05) is 38.1 Å². The van der Waals surface area contributed by atoms with Crippen LogP contribution in [0, 0.1) is 0 Å². The van der Waals surface area contributed by atoms with Crippen LogP contribution >= 0.6 is 11.6 Å². The highest BCUT2D eigenvalue weighted by atomic mass is 35.5. The summed E-state index contributed by atoms with van der Waals surface area (Å²) in [4.78, 5) is 33.8. The molecule has 0 saturated heterocycles. The number of carbonyl (C=O) groups is 1. The predicted octanol–water partition coefficient (Wildman–Crippen LogP) is 5.66. The number of nitrogens with zero attached hydrogens (tertiary/aromatic N) is 3. The van der Waals surface area contributed by atoms with Gasteiger partial charge in [-0.15, -0.1) is 0 Å². The highest BCUT2D eigenvalue weighted by Gasteiger charge is 2.27. The summed E-state index contributed by atoms with van der Waals surface area (Å²) < 4.78 is 6.75. The number of para-hydroxylation sites is 2. The van der Waals surface area contributed by atoms with E-state index in [-0.39, 0.29) is 11.5 Å². The minimum absolute atomic E-state index is 0.148. The Kier molecular flexibility index (Phi) is 6.98. The first-order valence-corrected chi connectivity index (χ1v) is 11.6. The average Bonchev–Trinajstić information content (AvgIpc) is 2.87. The van der Waals surface area contributed by atoms with Gasteiger partial charge in [0.25, 0.3) is 11.5 Å². The Morgan fingerprint density at radius 3 is 2.41 bits per heavy atom. The molecular formula is C27H26ClN3O3. The molecule has 7 heteroatoms. The lowest BCUT2D eigenvalue weighted by Crippen LogP contribution is -2.38. The number of aromatic nitrogens is 2. The third-order valence-corrected chi connectivity index (χ3v) is 6.12. The highest BCUT2D eigenvalue weighted by Crippen LogP contribution is 2.27. The Hall–Kier alpha value is -3.64. The van der Waals surface area contributed by atoms with Gasteiger partial charge in [0.15, 0.2) is 0 Å². The maximum absolute atomic E-state index is 13.6. The first kappa shape index (κ1) is 23.5. The third kappa shape index (κ3) is 4.41. The van der Waals surface area contributed by atoms with E-state index in [1.54, 1.807) is 60.5 Å². The van der Waals surface area contributed by atoms with Gasteiger partial charge >= 0.3 is 0 Å². The van der Waals surface area contributed by atoms with Crippen LogP contribution in [0.1, 0.15) is 42.5 Å². The van der Waals surface area contributed by atoms with Gasteiger partial charge in [0, 0.05) is 12.1 Å². The molecule has 3 aromatic carbocycles. The summed E-state index contributed by atoms with van der Waals surface area (Å²) in [6.45, 7) is 4.40. The summed E-state index contributed by atoms with van der Waals surface area (Å²) in [6, 6.07) is 20.9. The highest BCUT2D eigenvalue weighted by molar-refractivity contribution is 6.32. The van der Waals surface area contributed by atoms with E-state index in [1.165, 1.54) is 4.57 Å². The molecule has 0 aliphatic carbocycles. The van der Waals surface area contributed by atoms with E-state index >= 15 is 0 Å². The van der Waals surface area contributed by atoms with Crippen molar-refractivity contribution in [3.8, 4) is 11.4 Å². The van der Waals surface area contributed by atoms with Gasteiger partial charge in [-0.25, -0.2) is 4.98 Å². The van der Waals surface area contributed by atoms with Crippen LogP contribution in [0.3, 0.4) is 0 Å². The fourth-order valence-electron chi connectivity index (χ4n) is 4.05. The number of fused-ring (bicyclic) bond motifs is 1. The number of carbonyl (C=O) groups excluding carboxylic acids is 1. The second-order valence-electron chi connectivity index (χ2n) is 7.98. The van der Waals surface area contributed by atoms with Crippen molar-refractivity contribution in [1.82, 2.24) is 14.5 Å². The Balaban J connectivity index is 1.89. The minimum Gasteiger partial charge on any atom is -0.497 e. The molecule has 0 N–H and O–H groups in total. The number of rotatable bonds is 7. The van der Waals surface area contributed by atoms with Crippen molar-refractivity contribution >= 4 is 28.4 Å². The number of methoxy groups -OCH3 is 1. The zero-order valence-electron chi connectivity index (χ0n) is 19.4. The molecule has 0 radical (unpaired) electrons. The molecular weight excluding hydrogens is 450 g/mol. The van der Waals surface area contributed by atoms with E-state index in [2.05, 4.69) is 0 Å². The summed E-state index contributed by atoms with van der Waals surface area (Å²) in [7, 11) is 1.58. The number of ether oxygens (including phenoxy) is 1. The predicted molar refractivity (Wildman–Crippen MR) is 135 cm³/mol. The lowest BCUT2D eigenvalue weighted by atomic mass is 10.1. The quantitative estimate of drug-likeness (QED) is 0.346. The van der Waals surface area contributed by atoms with Gasteiger partial charge in [0.1, 0.15) is 11.6 Å². The van der Waals surface area contributed by atoms with Gasteiger partial charge in [-0.3, -0.25) is 14.2 Å². The van der Waals surface area contributed by atoms with Gasteiger partial charge in [-0.1, -0.05) is 42.8 Å². The third-order valence-electron chi connectivity index (χ3n) is 5.80. The normalized spacial score (nSPS) is 11.9. The Bertz CT molecular complexity index is 1380. The SMILES string of the molecule is CCCN(C(=O)c1ccc(OC)cc1)C(C)c1nc2ccccc2c(=O)n1-c1ccccc1Cl. The number of amides is 1. The Morgan fingerprint density at radius 2 is 1.74 bits per heavy atom. The molecule has 4 rings (SSSR count). The monoisotopic (exact) mass is 475 g/mol. The van der Waals surface area contributed by atoms with E-state index in [9.17, 15) is 9.59 Å². The van der Waals surface area contributed by atoms with E-state index in [0.29, 0.717) is 45.3 Å². The van der Waals surface area contributed by atoms with E-state index in [4.69, 9.17) is 21.3 Å². The van der Waals surface area contributed by atoms with Crippen LogP contribution in [0.15, 0.2) is 77.6 Å². The van der Waals surface area contributed by atoms with Crippen LogP contribution in [-0.4, -0.2) is 34.0 Å². The van der Waals surface area contributed by atoms with Crippen molar-refractivity contribution in [3.05, 3.63) is 99.6 Å². The standard InChI is InChI=1S/C27H26ClN3O3/c1-4-17-30(26(32)19-13-15-20(34-3)16-14-19)18(2)25-29-23-11-7-5-9-21(23)27(33)31(25)24-12-8-6-10-22(24)28/h5-16,18H,4,17H2,1-3H3. The average molecular weight is 476 g/mol. The van der Waals surface area contributed by atoms with Crippen LogP contribution in [0.4, 0.5) is 0 Å². The second kappa shape index (κ2) is 10.1. The molecule has 4 aromatic rings. The van der Waals surface area contributed by atoms with Crippen LogP contribution in [0.5, 0.6) is 5.75 Å². The molecule has 0 spiro atoms. The zero-order chi connectivity index (χ0) is 24.2. The van der Waals surface area contributed by atoms with Crippen molar-refractivity contribution in [2.45, 2.75) is 26.3 Å². The van der Waals surface area contributed by atoms with Gasteiger partial charge in [-0.05, 0) is 61.9 Å². The topological polar surface area (TPSA) is 64.4 Å². The summed E-state index contributed by atoms with van der Waals surface area (Å²) in [5.41, 5.74) is 1.41. The van der Waals surface area contributed by atoms with E-state index in [0.717, 1.165) is 6.42 Å². The van der Waals surface area contributed by atoms with Crippen molar-refractivity contribution in [2.75, 3.05) is 13.7 Å². The lowest BCUT2D eigenvalue weighted by Gasteiger charge is -2.30. The smallest absolute Gasteiger partial charge is 0.266 e. The van der Waals surface area contributed by atoms with Crippen molar-refractivity contribution in [1.29, 1.82) is 0 Å². The van der Waals surface area contributed by atoms with Gasteiger partial charge < -0.3 is 9.64 Å². The van der Waals surface area contributed by atoms with Crippen molar-refractivity contribution < 1.29 is 9.53 Å². The fraction of sp³-hybridized carbons (Fsp3) is 0.222. The first-order chi connectivity index (χ1) is 16.5. The maximum Gasteiger partial charge on any atom is 0.266 e. The molecule has 1 atom stereocenters. The molecule has 1 aromatic heterocycles. The van der Waals surface area contributed by atoms with Crippen molar-refractivity contribution in [2.24, 2.45) is 0 Å². The second-order valence-corrected chi connectivity index (χ2v) is 8.39. The number of hydrogen-bond donors (Lipinski definition) is 0. The van der Waals surface area contributed by atoms with Crippen LogP contribution in [0.25, 0.3) is 16.6 Å². The first-order valence-electron chi connectivity index (χ1n) is 11.2. The number of halogens is 1. The molecule has 0 aliphatic rings. The van der Waals surface area contributed by atoms with Crippen LogP contribution < -0.4 is 10.3 Å². The molecule has 34 heavy (non-hydrogen) atoms. The van der Waals surface area contributed by atoms with Gasteiger partial charge in [0.2, 0.25) is 0 Å². The molecule has 0 bridgehead atoms. The van der Waals surface area contributed by atoms with E-state index < -0.39 is 6.04 Å². The van der Waals surface area contributed by atoms with Gasteiger partial charge in [0.05, 0.1) is 34.8 Å². The van der Waals surface area contributed by atoms with Crippen LogP contribution in [0.2, 0.25) is 5.02 Å². The molecule has 1 heterocycles. The molecule has 1 amide bonds. The van der Waals surface area contributed by atoms with Crippen LogP contribution in [-0.2, 0) is 0 Å². The fourth-order valence-corrected chi connectivity index (χ4v) is 4.27. The molecule has 0 aliphatic heterocycles. The molecule has 1 unspecified atom stereocenters. The number of hydrogen-bond acceptors (Lipinski definition) is 4. The van der Waals surface area contributed by atoms with Crippen molar-refractivity contribution in [3.63, 3.8) is 0 Å². The largest absolute Gasteiger partial charge is 0.497 e. The Labute approximate surface area is 203 Å². The Morgan fingerprint density at radius 1 is 1.06 bits per heavy atom. The molecule has 0 fully saturated rings. The maximum atomic E-state index is 13.6. The lowest BCUT2D eigenvalue weighted by molar-refractivity contribution is 0.0681. The molecule has 174 valence electrons. The summed E-state index contributed by atoms with van der Waals surface area (Å²) in [5.74, 6) is 0.979. The summed E-state index contributed by atoms with van der Waals surface area (Å²) in [6.07, 6.45) is 0.746. The minimum atomic E-state index is -0.497. The molecule has 0 saturated carbocycles. The number of benzene rings is 3. The zero-order valence-corrected chi connectivity index (χ0v) is 20.1. The summed E-state index contributed by atoms with van der Waals surface area (Å²) in [5, 5.41) is 0.917.